The van der Waals surface area contributed by atoms with E-state index in [4.69, 9.17) is 14.2 Å². The second kappa shape index (κ2) is 16.7. The quantitative estimate of drug-likeness (QED) is 0.138. The molecule has 0 unspecified atom stereocenters. The third-order valence-corrected chi connectivity index (χ3v) is 6.27. The third-order valence-electron chi connectivity index (χ3n) is 6.27. The Morgan fingerprint density at radius 3 is 2.18 bits per heavy atom. The summed E-state index contributed by atoms with van der Waals surface area (Å²) < 4.78 is 16.4. The average Bonchev–Trinajstić information content (AvgIpc) is 3.03. The largest absolute Gasteiger partial charge is 0.463 e. The van der Waals surface area contributed by atoms with Crippen molar-refractivity contribution < 1.29 is 33.7 Å². The number of carbonyl (C=O) groups excluding carboxylic acids is 3. The maximum atomic E-state index is 11.7. The number of aliphatic hydroxyl groups is 1. The van der Waals surface area contributed by atoms with E-state index in [0.717, 1.165) is 32.1 Å². The molecular formula is C27H46O7. The van der Waals surface area contributed by atoms with Gasteiger partial charge in [-0.15, -0.1) is 0 Å². The van der Waals surface area contributed by atoms with Crippen molar-refractivity contribution in [2.75, 3.05) is 0 Å². The van der Waals surface area contributed by atoms with Gasteiger partial charge in [-0.3, -0.25) is 14.4 Å². The Morgan fingerprint density at radius 2 is 1.59 bits per heavy atom. The fourth-order valence-corrected chi connectivity index (χ4v) is 4.77. The first kappa shape index (κ1) is 30.1. The van der Waals surface area contributed by atoms with Crippen molar-refractivity contribution in [3.63, 3.8) is 0 Å². The molecule has 0 heterocycles. The number of allylic oxidation sites excluding steroid dienone is 2. The Bertz CT molecular complexity index is 643. The highest BCUT2D eigenvalue weighted by Crippen LogP contribution is 2.42. The lowest BCUT2D eigenvalue weighted by Gasteiger charge is -2.26. The van der Waals surface area contributed by atoms with Crippen LogP contribution < -0.4 is 0 Å². The molecule has 0 spiro atoms. The summed E-state index contributed by atoms with van der Waals surface area (Å²) in [4.78, 5) is 35.1. The zero-order valence-electron chi connectivity index (χ0n) is 21.8. The summed E-state index contributed by atoms with van der Waals surface area (Å²) in [7, 11) is 0. The summed E-state index contributed by atoms with van der Waals surface area (Å²) in [5.74, 6) is -0.845. The molecule has 1 rings (SSSR count). The highest BCUT2D eigenvalue weighted by molar-refractivity contribution is 5.69. The minimum Gasteiger partial charge on any atom is -0.463 e. The zero-order valence-corrected chi connectivity index (χ0v) is 21.8. The van der Waals surface area contributed by atoms with Gasteiger partial charge < -0.3 is 19.3 Å². The third kappa shape index (κ3) is 12.5. The lowest BCUT2D eigenvalue weighted by atomic mass is 9.85. The maximum Gasteiger partial charge on any atom is 0.306 e. The van der Waals surface area contributed by atoms with Crippen LogP contribution in [-0.4, -0.2) is 47.4 Å². The Balaban J connectivity index is 2.74. The zero-order chi connectivity index (χ0) is 25.5. The predicted molar refractivity (Wildman–Crippen MR) is 131 cm³/mol. The molecule has 1 N–H and O–H groups in total. The monoisotopic (exact) mass is 482 g/mol. The maximum absolute atomic E-state index is 11.7. The van der Waals surface area contributed by atoms with E-state index in [1.165, 1.54) is 13.8 Å². The molecule has 0 aromatic carbocycles. The summed E-state index contributed by atoms with van der Waals surface area (Å²) >= 11 is 0. The number of esters is 3. The highest BCUT2D eigenvalue weighted by atomic mass is 16.6. The second-order valence-electron chi connectivity index (χ2n) is 9.72. The minimum absolute atomic E-state index is 0.0123. The van der Waals surface area contributed by atoms with Crippen molar-refractivity contribution in [2.24, 2.45) is 11.8 Å². The average molecular weight is 483 g/mol. The van der Waals surface area contributed by atoms with Crippen LogP contribution in [0.2, 0.25) is 0 Å². The Kier molecular flexibility index (Phi) is 14.8. The van der Waals surface area contributed by atoms with Crippen molar-refractivity contribution >= 4 is 17.9 Å². The van der Waals surface area contributed by atoms with Gasteiger partial charge in [-0.05, 0) is 52.4 Å². The van der Waals surface area contributed by atoms with Crippen LogP contribution in [-0.2, 0) is 28.6 Å². The number of carbonyl (C=O) groups is 3. The van der Waals surface area contributed by atoms with Gasteiger partial charge in [0.2, 0.25) is 0 Å². The van der Waals surface area contributed by atoms with Crippen LogP contribution in [0.3, 0.4) is 0 Å². The van der Waals surface area contributed by atoms with Gasteiger partial charge in [0.1, 0.15) is 12.2 Å². The van der Waals surface area contributed by atoms with Crippen molar-refractivity contribution in [1.82, 2.24) is 0 Å². The van der Waals surface area contributed by atoms with E-state index in [0.29, 0.717) is 38.5 Å². The number of aliphatic hydroxyl groups excluding tert-OH is 1. The fraction of sp³-hybridized carbons (Fsp3) is 0.815. The van der Waals surface area contributed by atoms with Crippen LogP contribution in [0.4, 0.5) is 0 Å². The van der Waals surface area contributed by atoms with Crippen molar-refractivity contribution in [3.8, 4) is 0 Å². The van der Waals surface area contributed by atoms with Gasteiger partial charge in [0, 0.05) is 38.5 Å². The van der Waals surface area contributed by atoms with E-state index in [2.05, 4.69) is 13.0 Å². The van der Waals surface area contributed by atoms with Crippen LogP contribution in [0.5, 0.6) is 0 Å². The molecule has 0 saturated heterocycles. The topological polar surface area (TPSA) is 99.1 Å². The van der Waals surface area contributed by atoms with E-state index in [-0.39, 0.29) is 54.2 Å². The summed E-state index contributed by atoms with van der Waals surface area (Å²) in [6.45, 7) is 8.61. The molecule has 0 bridgehead atoms. The smallest absolute Gasteiger partial charge is 0.306 e. The lowest BCUT2D eigenvalue weighted by Crippen LogP contribution is -2.27. The van der Waals surface area contributed by atoms with E-state index < -0.39 is 0 Å². The predicted octanol–water partition coefficient (Wildman–Crippen LogP) is 5.28. The molecule has 34 heavy (non-hydrogen) atoms. The number of rotatable bonds is 16. The summed E-state index contributed by atoms with van der Waals surface area (Å²) in [5.41, 5.74) is 0. The van der Waals surface area contributed by atoms with Crippen LogP contribution >= 0.6 is 0 Å². The van der Waals surface area contributed by atoms with Gasteiger partial charge in [0.15, 0.2) is 0 Å². The summed E-state index contributed by atoms with van der Waals surface area (Å²) in [6.07, 6.45) is 11.3. The SMILES string of the molecule is CCCCC[C@H](O)CC[C@@H]1[C@@H](C/C=C\CCCC(=O)OC(C)C)[C@@H](OC(C)=O)C[C@H]1OC(C)=O. The first-order chi connectivity index (χ1) is 16.1. The second-order valence-corrected chi connectivity index (χ2v) is 9.72. The van der Waals surface area contributed by atoms with E-state index in [1.807, 2.05) is 19.9 Å². The fourth-order valence-electron chi connectivity index (χ4n) is 4.77. The van der Waals surface area contributed by atoms with Crippen LogP contribution in [0, 0.1) is 11.8 Å². The molecule has 0 aromatic rings. The van der Waals surface area contributed by atoms with Crippen molar-refractivity contribution in [3.05, 3.63) is 12.2 Å². The number of ether oxygens (including phenoxy) is 3. The Hall–Kier alpha value is -1.89. The number of hydrogen-bond donors (Lipinski definition) is 1. The lowest BCUT2D eigenvalue weighted by molar-refractivity contribution is -0.150. The molecule has 7 nitrogen and oxygen atoms in total. The molecule has 0 aliphatic heterocycles. The molecule has 1 fully saturated rings. The van der Waals surface area contributed by atoms with Gasteiger partial charge >= 0.3 is 17.9 Å². The Morgan fingerprint density at radius 1 is 0.941 bits per heavy atom. The molecule has 1 aliphatic carbocycles. The minimum atomic E-state index is -0.376. The number of hydrogen-bond acceptors (Lipinski definition) is 7. The van der Waals surface area contributed by atoms with Crippen molar-refractivity contribution in [2.45, 2.75) is 130 Å². The van der Waals surface area contributed by atoms with E-state index in [9.17, 15) is 19.5 Å². The molecule has 1 aliphatic rings. The molecule has 7 heteroatoms. The normalized spacial score (nSPS) is 23.3. The highest BCUT2D eigenvalue weighted by Gasteiger charge is 2.45. The molecule has 0 amide bonds. The van der Waals surface area contributed by atoms with Gasteiger partial charge in [-0.2, -0.15) is 0 Å². The first-order valence-corrected chi connectivity index (χ1v) is 13.0. The molecule has 5 atom stereocenters. The van der Waals surface area contributed by atoms with E-state index in [1.54, 1.807) is 0 Å². The molecule has 0 radical (unpaired) electrons. The molecule has 0 aromatic heterocycles. The van der Waals surface area contributed by atoms with Gasteiger partial charge in [0.05, 0.1) is 12.2 Å². The summed E-state index contributed by atoms with van der Waals surface area (Å²) in [5, 5.41) is 10.4. The standard InChI is InChI=1S/C27H46O7/c1-6-7-10-13-22(30)16-17-24-23(14-11-8-9-12-15-27(31)32-19(2)3)25(33-20(4)28)18-26(24)34-21(5)29/h8,11,19,22-26,30H,6-7,9-10,12-18H2,1-5H3/b11-8-/t22-,23+,24+,25-,26+/m0/s1. The van der Waals surface area contributed by atoms with E-state index >= 15 is 0 Å². The van der Waals surface area contributed by atoms with Crippen LogP contribution in [0.25, 0.3) is 0 Å². The van der Waals surface area contributed by atoms with Gasteiger partial charge in [0.25, 0.3) is 0 Å². The van der Waals surface area contributed by atoms with Gasteiger partial charge in [-0.1, -0.05) is 38.3 Å². The molecular weight excluding hydrogens is 436 g/mol. The number of unbranched alkanes of at least 4 members (excludes halogenated alkanes) is 3. The van der Waals surface area contributed by atoms with Gasteiger partial charge in [-0.25, -0.2) is 0 Å². The van der Waals surface area contributed by atoms with Crippen molar-refractivity contribution in [1.29, 1.82) is 0 Å². The van der Waals surface area contributed by atoms with Crippen LogP contribution in [0.1, 0.15) is 105 Å². The molecule has 196 valence electrons. The molecule has 1 saturated carbocycles. The van der Waals surface area contributed by atoms with Crippen LogP contribution in [0.15, 0.2) is 12.2 Å². The summed E-state index contributed by atoms with van der Waals surface area (Å²) in [6, 6.07) is 0. The first-order valence-electron chi connectivity index (χ1n) is 13.0. The Labute approximate surface area is 205 Å².